The summed E-state index contributed by atoms with van der Waals surface area (Å²) in [4.78, 5) is 34.4. The highest BCUT2D eigenvalue weighted by molar-refractivity contribution is 8.24. The van der Waals surface area contributed by atoms with Crippen LogP contribution in [0.5, 0.6) is 0 Å². The lowest BCUT2D eigenvalue weighted by molar-refractivity contribution is -0.137. The largest absolute Gasteiger partial charge is 0.481 e. The van der Waals surface area contributed by atoms with Gasteiger partial charge in [0.25, 0.3) is 5.91 Å². The fraction of sp³-hybridized carbons (Fsp3) is 0.241. The molecule has 2 heterocycles. The van der Waals surface area contributed by atoms with Crippen molar-refractivity contribution in [3.8, 4) is 11.3 Å². The number of unbranched alkanes of at least 4 members (excludes halogenated alkanes) is 1. The topological polar surface area (TPSA) is 133 Å². The van der Waals surface area contributed by atoms with Gasteiger partial charge >= 0.3 is 5.97 Å². The molecule has 1 aliphatic rings. The molecule has 1 atom stereocenters. The van der Waals surface area contributed by atoms with Crippen LogP contribution in [-0.2, 0) is 11.2 Å². The van der Waals surface area contributed by atoms with Crippen LogP contribution in [0.4, 0.5) is 0 Å². The van der Waals surface area contributed by atoms with E-state index in [-0.39, 0.29) is 24.1 Å². The van der Waals surface area contributed by atoms with Crippen molar-refractivity contribution in [3.63, 3.8) is 0 Å². The summed E-state index contributed by atoms with van der Waals surface area (Å²) in [7, 11) is -2.85. The van der Waals surface area contributed by atoms with E-state index in [2.05, 4.69) is 5.32 Å². The Hall–Kier alpha value is -3.79. The van der Waals surface area contributed by atoms with E-state index in [1.54, 1.807) is 30.3 Å². The SMILES string of the molecule is O=C(O)CCCCc1nc2cc(C(=O)N[C@H]3CCS(O)(O)c4ccccc43)ccc2nc1-c1ccccc1. The van der Waals surface area contributed by atoms with Crippen LogP contribution in [-0.4, -0.2) is 41.8 Å². The Morgan fingerprint density at radius 2 is 1.68 bits per heavy atom. The minimum atomic E-state index is -2.85. The number of nitrogens with one attached hydrogen (secondary N) is 1. The third kappa shape index (κ3) is 5.55. The number of rotatable bonds is 8. The lowest BCUT2D eigenvalue weighted by Crippen LogP contribution is -2.33. The lowest BCUT2D eigenvalue weighted by atomic mass is 10.0. The van der Waals surface area contributed by atoms with E-state index in [1.807, 2.05) is 42.5 Å². The van der Waals surface area contributed by atoms with E-state index in [0.29, 0.717) is 47.2 Å². The van der Waals surface area contributed by atoms with Crippen LogP contribution in [0.1, 0.15) is 53.3 Å². The van der Waals surface area contributed by atoms with Crippen LogP contribution in [0, 0.1) is 0 Å². The summed E-state index contributed by atoms with van der Waals surface area (Å²) in [5.41, 5.74) is 4.85. The third-order valence-electron chi connectivity index (χ3n) is 6.74. The van der Waals surface area contributed by atoms with Gasteiger partial charge in [0.1, 0.15) is 0 Å². The molecule has 196 valence electrons. The Balaban J connectivity index is 1.43. The third-order valence-corrected chi connectivity index (χ3v) is 8.62. The first-order valence-corrected chi connectivity index (χ1v) is 14.3. The summed E-state index contributed by atoms with van der Waals surface area (Å²) in [5.74, 6) is -0.896. The van der Waals surface area contributed by atoms with Gasteiger partial charge in [-0.3, -0.25) is 18.7 Å². The first-order chi connectivity index (χ1) is 18.3. The minimum Gasteiger partial charge on any atom is -0.481 e. The number of carbonyl (C=O) groups is 2. The summed E-state index contributed by atoms with van der Waals surface area (Å²) >= 11 is 0. The maximum atomic E-state index is 13.2. The Morgan fingerprint density at radius 3 is 2.47 bits per heavy atom. The van der Waals surface area contributed by atoms with Crippen molar-refractivity contribution in [2.45, 2.75) is 43.0 Å². The van der Waals surface area contributed by atoms with E-state index < -0.39 is 16.6 Å². The second-order valence-corrected chi connectivity index (χ2v) is 11.6. The molecule has 0 fully saturated rings. The molecule has 38 heavy (non-hydrogen) atoms. The van der Waals surface area contributed by atoms with E-state index in [0.717, 1.165) is 22.5 Å². The first-order valence-electron chi connectivity index (χ1n) is 12.6. The van der Waals surface area contributed by atoms with Crippen LogP contribution < -0.4 is 5.32 Å². The maximum absolute atomic E-state index is 13.2. The van der Waals surface area contributed by atoms with Gasteiger partial charge in [-0.05, 0) is 55.5 Å². The molecule has 0 aliphatic carbocycles. The highest BCUT2D eigenvalue weighted by Gasteiger charge is 2.31. The molecule has 1 aromatic heterocycles. The highest BCUT2D eigenvalue weighted by atomic mass is 32.3. The van der Waals surface area contributed by atoms with Gasteiger partial charge in [-0.25, -0.2) is 9.97 Å². The first kappa shape index (κ1) is 25.8. The van der Waals surface area contributed by atoms with Crippen LogP contribution in [0.3, 0.4) is 0 Å². The number of hydrogen-bond acceptors (Lipinski definition) is 6. The highest BCUT2D eigenvalue weighted by Crippen LogP contribution is 2.55. The molecule has 0 spiro atoms. The molecule has 5 rings (SSSR count). The van der Waals surface area contributed by atoms with Crippen molar-refractivity contribution in [1.29, 1.82) is 0 Å². The maximum Gasteiger partial charge on any atom is 0.303 e. The Kier molecular flexibility index (Phi) is 7.42. The van der Waals surface area contributed by atoms with Crippen molar-refractivity contribution in [2.24, 2.45) is 0 Å². The van der Waals surface area contributed by atoms with Crippen LogP contribution in [0.15, 0.2) is 77.7 Å². The molecule has 1 amide bonds. The van der Waals surface area contributed by atoms with Gasteiger partial charge in [0.05, 0.1) is 33.4 Å². The van der Waals surface area contributed by atoms with Gasteiger partial charge < -0.3 is 10.4 Å². The smallest absolute Gasteiger partial charge is 0.303 e. The molecule has 0 saturated heterocycles. The average molecular weight is 532 g/mol. The number of carboxylic acids is 1. The zero-order valence-electron chi connectivity index (χ0n) is 20.7. The lowest BCUT2D eigenvalue weighted by Gasteiger charge is -2.41. The summed E-state index contributed by atoms with van der Waals surface area (Å²) in [6.45, 7) is 0. The molecule has 0 bridgehead atoms. The Bertz CT molecular complexity index is 1490. The van der Waals surface area contributed by atoms with Gasteiger partial charge in [0, 0.05) is 23.3 Å². The van der Waals surface area contributed by atoms with Gasteiger partial charge in [-0.1, -0.05) is 48.5 Å². The van der Waals surface area contributed by atoms with Gasteiger partial charge in [-0.2, -0.15) is 10.6 Å². The normalized spacial score (nSPS) is 16.9. The van der Waals surface area contributed by atoms with Crippen molar-refractivity contribution in [1.82, 2.24) is 15.3 Å². The molecule has 1 aliphatic heterocycles. The van der Waals surface area contributed by atoms with E-state index in [1.165, 1.54) is 0 Å². The van der Waals surface area contributed by atoms with E-state index in [4.69, 9.17) is 15.1 Å². The molecule has 0 saturated carbocycles. The Labute approximate surface area is 222 Å². The number of carboxylic acid groups (broad SMARTS) is 1. The number of carbonyl (C=O) groups excluding carboxylic acids is 1. The summed E-state index contributed by atoms with van der Waals surface area (Å²) in [6.07, 6.45) is 2.30. The number of nitrogens with zero attached hydrogens (tertiary/aromatic N) is 2. The van der Waals surface area contributed by atoms with Crippen LogP contribution in [0.2, 0.25) is 0 Å². The monoisotopic (exact) mass is 531 g/mol. The predicted octanol–water partition coefficient (Wildman–Crippen LogP) is 6.08. The van der Waals surface area contributed by atoms with Crippen molar-refractivity contribution < 1.29 is 23.8 Å². The van der Waals surface area contributed by atoms with Crippen LogP contribution in [0.25, 0.3) is 22.3 Å². The molecule has 9 heteroatoms. The quantitative estimate of drug-likeness (QED) is 0.203. The molecule has 8 nitrogen and oxygen atoms in total. The van der Waals surface area contributed by atoms with Gasteiger partial charge in [0.15, 0.2) is 0 Å². The van der Waals surface area contributed by atoms with Crippen molar-refractivity contribution in [2.75, 3.05) is 5.75 Å². The van der Waals surface area contributed by atoms with Crippen molar-refractivity contribution >= 4 is 33.5 Å². The number of fused-ring (bicyclic) bond motifs is 2. The zero-order valence-corrected chi connectivity index (χ0v) is 21.5. The fourth-order valence-corrected chi connectivity index (χ4v) is 6.48. The number of hydrogen-bond donors (Lipinski definition) is 4. The zero-order chi connectivity index (χ0) is 26.7. The Morgan fingerprint density at radius 1 is 0.921 bits per heavy atom. The van der Waals surface area contributed by atoms with Crippen LogP contribution >= 0.6 is 10.6 Å². The summed E-state index contributed by atoms with van der Waals surface area (Å²) in [5, 5.41) is 12.0. The molecule has 0 unspecified atom stereocenters. The summed E-state index contributed by atoms with van der Waals surface area (Å²) < 4.78 is 20.9. The number of aromatic nitrogens is 2. The van der Waals surface area contributed by atoms with E-state index in [9.17, 15) is 18.7 Å². The molecular formula is C29H29N3O5S. The van der Waals surface area contributed by atoms with Crippen molar-refractivity contribution in [3.05, 3.63) is 89.6 Å². The molecule has 0 radical (unpaired) electrons. The number of aryl methyl sites for hydroxylation is 1. The summed E-state index contributed by atoms with van der Waals surface area (Å²) in [6, 6.07) is 21.7. The van der Waals surface area contributed by atoms with Gasteiger partial charge in [-0.15, -0.1) is 0 Å². The molecular weight excluding hydrogens is 502 g/mol. The van der Waals surface area contributed by atoms with Gasteiger partial charge in [0.2, 0.25) is 0 Å². The molecule has 4 aromatic rings. The number of aliphatic carboxylic acids is 1. The fourth-order valence-electron chi connectivity index (χ4n) is 4.81. The second kappa shape index (κ2) is 10.9. The molecule has 4 N–H and O–H groups in total. The average Bonchev–Trinajstić information content (AvgIpc) is 2.92. The standard InChI is InChI=1S/C29H29N3O5S/c33-27(34)13-7-5-11-24-28(19-8-2-1-3-9-19)31-23-15-14-20(18-25(23)30-24)29(35)32-22-16-17-38(36,37)26-12-6-4-10-21(22)26/h1-4,6,8-10,12,14-15,18,22,36-37H,5,7,11,13,16-17H2,(H,32,35)(H,33,34)/t22-/m0/s1. The number of amides is 1. The van der Waals surface area contributed by atoms with E-state index >= 15 is 0 Å². The molecule has 3 aromatic carbocycles. The second-order valence-electron chi connectivity index (χ2n) is 9.41. The number of benzene rings is 3. The minimum absolute atomic E-state index is 0.103. The predicted molar refractivity (Wildman–Crippen MR) is 147 cm³/mol.